The highest BCUT2D eigenvalue weighted by molar-refractivity contribution is 7.97. The third kappa shape index (κ3) is 3.73. The normalized spacial score (nSPS) is 14.9. The first-order valence-electron chi connectivity index (χ1n) is 9.67. The molecule has 1 amide bonds. The Morgan fingerprint density at radius 2 is 1.68 bits per heavy atom. The van der Waals surface area contributed by atoms with Crippen LogP contribution in [0, 0.1) is 13.8 Å². The van der Waals surface area contributed by atoms with E-state index in [-0.39, 0.29) is 4.91 Å². The molecule has 0 fully saturated rings. The van der Waals surface area contributed by atoms with Gasteiger partial charge in [-0.1, -0.05) is 59.6 Å². The van der Waals surface area contributed by atoms with E-state index in [0.717, 1.165) is 15.4 Å². The first kappa shape index (κ1) is 21.2. The Kier molecular flexibility index (Phi) is 5.37. The number of carbonyl (C=O) groups is 1. The average molecular weight is 453 g/mol. The lowest BCUT2D eigenvalue weighted by atomic mass is 9.95. The van der Waals surface area contributed by atoms with Crippen molar-refractivity contribution in [3.8, 4) is 0 Å². The van der Waals surface area contributed by atoms with Crippen molar-refractivity contribution in [2.24, 2.45) is 0 Å². The molecule has 0 atom stereocenters. The fourth-order valence-corrected chi connectivity index (χ4v) is 5.39. The van der Waals surface area contributed by atoms with E-state index >= 15 is 0 Å². The van der Waals surface area contributed by atoms with Gasteiger partial charge in [0, 0.05) is 28.9 Å². The van der Waals surface area contributed by atoms with Gasteiger partial charge >= 0.3 is 0 Å². The molecule has 0 bridgehead atoms. The van der Waals surface area contributed by atoms with Gasteiger partial charge in [-0.25, -0.2) is 8.42 Å². The van der Waals surface area contributed by atoms with E-state index in [4.69, 9.17) is 11.6 Å². The highest BCUT2D eigenvalue weighted by atomic mass is 35.5. The minimum absolute atomic E-state index is 0.309. The quantitative estimate of drug-likeness (QED) is 0.598. The molecule has 1 aliphatic rings. The van der Waals surface area contributed by atoms with Crippen LogP contribution in [0.15, 0.2) is 71.6 Å². The molecule has 158 valence electrons. The molecule has 3 aromatic carbocycles. The van der Waals surface area contributed by atoms with Gasteiger partial charge in [-0.15, -0.1) is 0 Å². The fraction of sp³-hybridized carbons (Fsp3) is 0.125. The Labute approximate surface area is 187 Å². The van der Waals surface area contributed by atoms with Crippen LogP contribution in [-0.2, 0) is 14.8 Å². The van der Waals surface area contributed by atoms with Crippen molar-refractivity contribution in [3.05, 3.63) is 98.9 Å². The van der Waals surface area contributed by atoms with Gasteiger partial charge in [-0.3, -0.25) is 9.10 Å². The van der Waals surface area contributed by atoms with Crippen LogP contribution < -0.4 is 9.62 Å². The molecule has 1 heterocycles. The summed E-state index contributed by atoms with van der Waals surface area (Å²) in [5.41, 5.74) is 4.46. The Morgan fingerprint density at radius 3 is 2.35 bits per heavy atom. The summed E-state index contributed by atoms with van der Waals surface area (Å²) in [6, 6.07) is 19.5. The molecule has 0 radical (unpaired) electrons. The first-order chi connectivity index (χ1) is 14.7. The van der Waals surface area contributed by atoms with E-state index in [2.05, 4.69) is 5.32 Å². The zero-order valence-corrected chi connectivity index (χ0v) is 18.9. The number of benzene rings is 3. The van der Waals surface area contributed by atoms with Crippen LogP contribution >= 0.6 is 11.6 Å². The number of carbonyl (C=O) groups excluding carboxylic acids is 1. The summed E-state index contributed by atoms with van der Waals surface area (Å²) in [4.78, 5) is 13.1. The third-order valence-electron chi connectivity index (χ3n) is 5.31. The summed E-state index contributed by atoms with van der Waals surface area (Å²) in [5, 5.41) is 3.25. The third-order valence-corrected chi connectivity index (χ3v) is 7.37. The van der Waals surface area contributed by atoms with Crippen molar-refractivity contribution in [3.63, 3.8) is 0 Å². The summed E-state index contributed by atoms with van der Waals surface area (Å²) >= 11 is 6.25. The highest BCUT2D eigenvalue weighted by Crippen LogP contribution is 2.43. The smallest absolute Gasteiger partial charge is 0.270 e. The van der Waals surface area contributed by atoms with Crippen molar-refractivity contribution in [2.75, 3.05) is 16.7 Å². The van der Waals surface area contributed by atoms with Gasteiger partial charge in [0.15, 0.2) is 4.91 Å². The Hall–Kier alpha value is -3.09. The van der Waals surface area contributed by atoms with Gasteiger partial charge in [0.2, 0.25) is 0 Å². The van der Waals surface area contributed by atoms with Gasteiger partial charge in [-0.2, -0.15) is 0 Å². The van der Waals surface area contributed by atoms with E-state index < -0.39 is 15.9 Å². The maximum atomic E-state index is 13.5. The van der Waals surface area contributed by atoms with Gasteiger partial charge in [0.05, 0.1) is 5.69 Å². The predicted molar refractivity (Wildman–Crippen MR) is 126 cm³/mol. The van der Waals surface area contributed by atoms with Crippen LogP contribution in [0.25, 0.3) is 5.57 Å². The minimum atomic E-state index is -4.11. The molecule has 4 rings (SSSR count). The molecule has 31 heavy (non-hydrogen) atoms. The molecule has 1 N–H and O–H groups in total. The van der Waals surface area contributed by atoms with Crippen molar-refractivity contribution in [2.45, 2.75) is 13.8 Å². The number of sulfonamides is 1. The molecular formula is C24H21ClN2O3S. The van der Waals surface area contributed by atoms with E-state index in [1.54, 1.807) is 48.5 Å². The van der Waals surface area contributed by atoms with Crippen LogP contribution in [0.2, 0.25) is 5.02 Å². The van der Waals surface area contributed by atoms with Crippen molar-refractivity contribution in [1.82, 2.24) is 0 Å². The zero-order chi connectivity index (χ0) is 22.3. The number of aryl methyl sites for hydroxylation is 2. The lowest BCUT2D eigenvalue weighted by Gasteiger charge is -2.31. The minimum Gasteiger partial charge on any atom is -0.321 e. The number of nitrogens with one attached hydrogen (secondary N) is 1. The predicted octanol–water partition coefficient (Wildman–Crippen LogP) is 5.13. The molecule has 0 unspecified atom stereocenters. The number of amides is 1. The van der Waals surface area contributed by atoms with E-state index in [9.17, 15) is 13.2 Å². The molecule has 0 spiro atoms. The zero-order valence-electron chi connectivity index (χ0n) is 17.3. The second-order valence-electron chi connectivity index (χ2n) is 7.48. The maximum Gasteiger partial charge on any atom is 0.270 e. The molecule has 0 aliphatic carbocycles. The molecule has 0 aromatic heterocycles. The number of halogens is 1. The monoisotopic (exact) mass is 452 g/mol. The summed E-state index contributed by atoms with van der Waals surface area (Å²) in [6.45, 7) is 3.82. The molecule has 5 nitrogen and oxygen atoms in total. The topological polar surface area (TPSA) is 66.5 Å². The van der Waals surface area contributed by atoms with Crippen LogP contribution in [0.3, 0.4) is 0 Å². The molecule has 0 saturated heterocycles. The molecular weight excluding hydrogens is 432 g/mol. The number of anilines is 2. The second-order valence-corrected chi connectivity index (χ2v) is 9.82. The highest BCUT2D eigenvalue weighted by Gasteiger charge is 2.39. The average Bonchev–Trinajstić information content (AvgIpc) is 2.73. The van der Waals surface area contributed by atoms with Crippen molar-refractivity contribution in [1.29, 1.82) is 0 Å². The summed E-state index contributed by atoms with van der Waals surface area (Å²) in [6.07, 6.45) is 0. The van der Waals surface area contributed by atoms with E-state index in [1.807, 2.05) is 32.0 Å². The first-order valence-corrected chi connectivity index (χ1v) is 11.5. The number of hydrogen-bond donors (Lipinski definition) is 1. The van der Waals surface area contributed by atoms with Crippen LogP contribution in [0.1, 0.15) is 22.3 Å². The van der Waals surface area contributed by atoms with Gasteiger partial charge in [0.1, 0.15) is 0 Å². The fourth-order valence-electron chi connectivity index (χ4n) is 3.76. The van der Waals surface area contributed by atoms with Crippen molar-refractivity contribution >= 4 is 44.5 Å². The Bertz CT molecular complexity index is 1330. The SMILES string of the molecule is Cc1ccc(NC(=O)C2=C(c3ccccc3)c3cc(Cl)ccc3N(C)S2(=O)=O)c(C)c1. The van der Waals surface area contributed by atoms with E-state index in [1.165, 1.54) is 7.05 Å². The standard InChI is InChI=1S/C24H21ClN2O3S/c1-15-9-11-20(16(2)13-15)26-24(28)23-22(17-7-5-4-6-8-17)19-14-18(25)10-12-21(19)27(3)31(23,29)30/h4-14H,1-3H3,(H,26,28). The van der Waals surface area contributed by atoms with Gasteiger partial charge in [-0.05, 0) is 49.2 Å². The molecule has 1 aliphatic heterocycles. The number of nitrogens with zero attached hydrogens (tertiary/aromatic N) is 1. The van der Waals surface area contributed by atoms with Gasteiger partial charge in [0.25, 0.3) is 15.9 Å². The van der Waals surface area contributed by atoms with Crippen LogP contribution in [0.5, 0.6) is 0 Å². The summed E-state index contributed by atoms with van der Waals surface area (Å²) in [7, 11) is -2.67. The van der Waals surface area contributed by atoms with Crippen molar-refractivity contribution < 1.29 is 13.2 Å². The van der Waals surface area contributed by atoms with Crippen LogP contribution in [-0.4, -0.2) is 21.4 Å². The summed E-state index contributed by atoms with van der Waals surface area (Å²) < 4.78 is 28.1. The summed E-state index contributed by atoms with van der Waals surface area (Å²) in [5.74, 6) is -0.691. The second kappa shape index (κ2) is 7.87. The van der Waals surface area contributed by atoms with Crippen LogP contribution in [0.4, 0.5) is 11.4 Å². The van der Waals surface area contributed by atoms with Gasteiger partial charge < -0.3 is 5.32 Å². The molecule has 0 saturated carbocycles. The Morgan fingerprint density at radius 1 is 0.968 bits per heavy atom. The lowest BCUT2D eigenvalue weighted by molar-refractivity contribution is -0.112. The molecule has 3 aromatic rings. The number of rotatable bonds is 3. The molecule has 7 heteroatoms. The number of fused-ring (bicyclic) bond motifs is 1. The Balaban J connectivity index is 1.98. The largest absolute Gasteiger partial charge is 0.321 e. The maximum absolute atomic E-state index is 13.5. The lowest BCUT2D eigenvalue weighted by Crippen LogP contribution is -2.37. The number of hydrogen-bond acceptors (Lipinski definition) is 3. The van der Waals surface area contributed by atoms with E-state index in [0.29, 0.717) is 33.1 Å².